The van der Waals surface area contributed by atoms with Gasteiger partial charge in [-0.2, -0.15) is 0 Å². The molecule has 1 N–H and O–H groups in total. The molecule has 0 unspecified atom stereocenters. The van der Waals surface area contributed by atoms with Gasteiger partial charge in [0.25, 0.3) is 0 Å². The van der Waals surface area contributed by atoms with Crippen LogP contribution >= 0.6 is 0 Å². The smallest absolute Gasteiger partial charge is 0.225 e. The fraction of sp³-hybridized carbons (Fsp3) is 0.586. The van der Waals surface area contributed by atoms with Gasteiger partial charge in [-0.05, 0) is 31.0 Å². The number of rotatable bonds is 5. The first-order valence-corrected chi connectivity index (χ1v) is 14.1. The highest BCUT2D eigenvalue weighted by Gasteiger charge is 2.21. The number of hydrogen-bond acceptors (Lipinski definition) is 7. The summed E-state index contributed by atoms with van der Waals surface area (Å²) < 4.78 is 0. The number of piperazine rings is 1. The summed E-state index contributed by atoms with van der Waals surface area (Å²) in [5.41, 5.74) is 1.04. The maximum Gasteiger partial charge on any atom is 0.225 e. The fourth-order valence-corrected chi connectivity index (χ4v) is 5.57. The molecule has 36 heavy (non-hydrogen) atoms. The third-order valence-electron chi connectivity index (χ3n) is 7.67. The van der Waals surface area contributed by atoms with E-state index in [0.717, 1.165) is 61.2 Å². The van der Waals surface area contributed by atoms with Crippen LogP contribution in [0.2, 0.25) is 0 Å². The van der Waals surface area contributed by atoms with Crippen LogP contribution in [0.3, 0.4) is 0 Å². The van der Waals surface area contributed by atoms with Crippen molar-refractivity contribution in [1.82, 2.24) is 24.8 Å². The molecule has 7 heteroatoms. The van der Waals surface area contributed by atoms with Crippen molar-refractivity contribution in [2.24, 2.45) is 0 Å². The number of anilines is 2. The van der Waals surface area contributed by atoms with E-state index in [1.807, 2.05) is 18.5 Å². The van der Waals surface area contributed by atoms with Gasteiger partial charge in [-0.1, -0.05) is 69.9 Å². The lowest BCUT2D eigenvalue weighted by atomic mass is 9.98. The summed E-state index contributed by atoms with van der Waals surface area (Å²) in [4.78, 5) is 23.6. The van der Waals surface area contributed by atoms with Gasteiger partial charge in [-0.15, -0.1) is 0 Å². The summed E-state index contributed by atoms with van der Waals surface area (Å²) in [6.45, 7) is 4.53. The maximum absolute atomic E-state index is 5.09. The van der Waals surface area contributed by atoms with Crippen molar-refractivity contribution in [1.29, 1.82) is 0 Å². The maximum atomic E-state index is 5.09. The number of para-hydroxylation sites is 1. The van der Waals surface area contributed by atoms with Crippen molar-refractivity contribution in [3.05, 3.63) is 48.5 Å². The lowest BCUT2D eigenvalue weighted by Crippen LogP contribution is -2.46. The van der Waals surface area contributed by atoms with Crippen LogP contribution in [0.1, 0.15) is 76.5 Å². The molecular weight excluding hydrogens is 446 g/mol. The highest BCUT2D eigenvalue weighted by Crippen LogP contribution is 2.25. The van der Waals surface area contributed by atoms with Gasteiger partial charge in [0, 0.05) is 50.0 Å². The Morgan fingerprint density at radius 1 is 0.722 bits per heavy atom. The Labute approximate surface area is 215 Å². The van der Waals surface area contributed by atoms with Crippen LogP contribution in [0.15, 0.2) is 42.7 Å². The van der Waals surface area contributed by atoms with E-state index in [-0.39, 0.29) is 0 Å². The molecular formula is C29H41N7. The highest BCUT2D eigenvalue weighted by atomic mass is 15.3. The SMILES string of the molecule is c1cnc(N2CCN(Cc3nc(NC4CCCCCCCCCCC4)c4ccccc4n3)CC2)nc1. The Hall–Kier alpha value is -2.80. The van der Waals surface area contributed by atoms with E-state index < -0.39 is 0 Å². The lowest BCUT2D eigenvalue weighted by Gasteiger charge is -2.34. The molecule has 192 valence electrons. The second-order valence-electron chi connectivity index (χ2n) is 10.4. The van der Waals surface area contributed by atoms with E-state index in [0.29, 0.717) is 6.04 Å². The van der Waals surface area contributed by atoms with Gasteiger partial charge in [-0.3, -0.25) is 4.90 Å². The van der Waals surface area contributed by atoms with E-state index in [1.165, 1.54) is 70.6 Å². The van der Waals surface area contributed by atoms with Crippen LogP contribution in [-0.2, 0) is 6.54 Å². The second kappa shape index (κ2) is 12.9. The molecule has 0 atom stereocenters. The summed E-state index contributed by atoms with van der Waals surface area (Å²) in [5.74, 6) is 2.75. The molecule has 1 saturated carbocycles. The quantitative estimate of drug-likeness (QED) is 0.486. The van der Waals surface area contributed by atoms with Crippen molar-refractivity contribution in [2.45, 2.75) is 83.2 Å². The first-order valence-electron chi connectivity index (χ1n) is 14.1. The van der Waals surface area contributed by atoms with E-state index in [1.54, 1.807) is 0 Å². The summed E-state index contributed by atoms with van der Waals surface area (Å²) in [5, 5.41) is 5.03. The summed E-state index contributed by atoms with van der Waals surface area (Å²) >= 11 is 0. The first-order chi connectivity index (χ1) is 17.8. The predicted octanol–water partition coefficient (Wildman–Crippen LogP) is 5.83. The molecule has 0 spiro atoms. The van der Waals surface area contributed by atoms with Gasteiger partial charge in [0.2, 0.25) is 5.95 Å². The van der Waals surface area contributed by atoms with E-state index in [9.17, 15) is 0 Å². The molecule has 1 aromatic carbocycles. The van der Waals surface area contributed by atoms with E-state index in [2.05, 4.69) is 49.4 Å². The standard InChI is InChI=1S/C29H41N7/c1-2-4-6-8-13-24(14-9-7-5-3-1)32-28-25-15-10-11-16-26(25)33-27(34-28)23-35-19-21-36(22-20-35)29-30-17-12-18-31-29/h10-12,15-18,24H,1-9,13-14,19-23H2,(H,32,33,34). The molecule has 2 aromatic heterocycles. The second-order valence-corrected chi connectivity index (χ2v) is 10.4. The molecule has 3 heterocycles. The molecule has 2 aliphatic rings. The first kappa shape index (κ1) is 24.9. The molecule has 0 bridgehead atoms. The average Bonchev–Trinajstić information content (AvgIpc) is 2.91. The monoisotopic (exact) mass is 487 g/mol. The van der Waals surface area contributed by atoms with Crippen molar-refractivity contribution in [3.63, 3.8) is 0 Å². The normalized spacial score (nSPS) is 19.5. The van der Waals surface area contributed by atoms with Crippen LogP contribution in [0.4, 0.5) is 11.8 Å². The van der Waals surface area contributed by atoms with Gasteiger partial charge in [0.05, 0.1) is 12.1 Å². The Morgan fingerprint density at radius 3 is 2.06 bits per heavy atom. The van der Waals surface area contributed by atoms with E-state index >= 15 is 0 Å². The molecule has 1 aliphatic heterocycles. The number of aromatic nitrogens is 4. The summed E-state index contributed by atoms with van der Waals surface area (Å²) in [6.07, 6.45) is 18.4. The van der Waals surface area contributed by atoms with Crippen molar-refractivity contribution < 1.29 is 0 Å². The van der Waals surface area contributed by atoms with Crippen LogP contribution in [0.25, 0.3) is 10.9 Å². The molecule has 5 rings (SSSR count). The van der Waals surface area contributed by atoms with Crippen LogP contribution < -0.4 is 10.2 Å². The van der Waals surface area contributed by atoms with Crippen molar-refractivity contribution in [2.75, 3.05) is 36.4 Å². The molecule has 7 nitrogen and oxygen atoms in total. The number of nitrogens with one attached hydrogen (secondary N) is 1. The molecule has 0 radical (unpaired) electrons. The topological polar surface area (TPSA) is 70.1 Å². The van der Waals surface area contributed by atoms with Gasteiger partial charge < -0.3 is 10.2 Å². The van der Waals surface area contributed by atoms with Crippen molar-refractivity contribution in [3.8, 4) is 0 Å². The summed E-state index contributed by atoms with van der Waals surface area (Å²) in [6, 6.07) is 10.8. The van der Waals surface area contributed by atoms with Crippen molar-refractivity contribution >= 4 is 22.7 Å². The fourth-order valence-electron chi connectivity index (χ4n) is 5.57. The zero-order valence-corrected chi connectivity index (χ0v) is 21.6. The largest absolute Gasteiger partial charge is 0.367 e. The Balaban J connectivity index is 1.26. The minimum absolute atomic E-state index is 0.491. The third kappa shape index (κ3) is 6.90. The third-order valence-corrected chi connectivity index (χ3v) is 7.67. The van der Waals surface area contributed by atoms with Gasteiger partial charge in [0.1, 0.15) is 11.6 Å². The molecule has 1 aliphatic carbocycles. The van der Waals surface area contributed by atoms with Crippen LogP contribution in [0.5, 0.6) is 0 Å². The predicted molar refractivity (Wildman–Crippen MR) is 147 cm³/mol. The molecule has 3 aromatic rings. The highest BCUT2D eigenvalue weighted by molar-refractivity contribution is 5.89. The number of fused-ring (bicyclic) bond motifs is 1. The Bertz CT molecular complexity index is 1050. The number of hydrogen-bond donors (Lipinski definition) is 1. The Morgan fingerprint density at radius 2 is 1.36 bits per heavy atom. The lowest BCUT2D eigenvalue weighted by molar-refractivity contribution is 0.243. The Kier molecular flexibility index (Phi) is 8.95. The van der Waals surface area contributed by atoms with Crippen LogP contribution in [-0.4, -0.2) is 57.1 Å². The molecule has 0 amide bonds. The average molecular weight is 488 g/mol. The van der Waals surface area contributed by atoms with E-state index in [4.69, 9.17) is 9.97 Å². The van der Waals surface area contributed by atoms with Gasteiger partial charge >= 0.3 is 0 Å². The number of nitrogens with zero attached hydrogens (tertiary/aromatic N) is 6. The number of benzene rings is 1. The summed E-state index contributed by atoms with van der Waals surface area (Å²) in [7, 11) is 0. The van der Waals surface area contributed by atoms with Gasteiger partial charge in [0.15, 0.2) is 0 Å². The van der Waals surface area contributed by atoms with Gasteiger partial charge in [-0.25, -0.2) is 19.9 Å². The minimum Gasteiger partial charge on any atom is -0.367 e. The zero-order valence-electron chi connectivity index (χ0n) is 21.6. The molecule has 2 fully saturated rings. The molecule has 1 saturated heterocycles. The minimum atomic E-state index is 0.491. The zero-order chi connectivity index (χ0) is 24.4. The van der Waals surface area contributed by atoms with Crippen LogP contribution in [0, 0.1) is 0 Å².